The van der Waals surface area contributed by atoms with E-state index in [1.165, 1.54) is 11.8 Å². The summed E-state index contributed by atoms with van der Waals surface area (Å²) in [4.78, 5) is 11.5. The number of aromatic hydroxyl groups is 1. The van der Waals surface area contributed by atoms with Crippen LogP contribution in [0.2, 0.25) is 0 Å². The second-order valence-corrected chi connectivity index (χ2v) is 6.17. The lowest BCUT2D eigenvalue weighted by molar-refractivity contribution is -0.140. The van der Waals surface area contributed by atoms with Gasteiger partial charge in [-0.25, -0.2) is 0 Å². The van der Waals surface area contributed by atoms with Crippen LogP contribution < -0.4 is 0 Å². The zero-order valence-corrected chi connectivity index (χ0v) is 11.1. The molecule has 3 nitrogen and oxygen atoms in total. The third-order valence-electron chi connectivity index (χ3n) is 3.50. The Morgan fingerprint density at radius 2 is 1.78 bits per heavy atom. The van der Waals surface area contributed by atoms with Crippen molar-refractivity contribution in [1.29, 1.82) is 0 Å². The summed E-state index contributed by atoms with van der Waals surface area (Å²) in [5.74, 6) is 0.257. The van der Waals surface area contributed by atoms with Crippen molar-refractivity contribution in [1.82, 2.24) is 0 Å². The minimum absolute atomic E-state index is 0.245. The van der Waals surface area contributed by atoms with E-state index in [-0.39, 0.29) is 5.75 Å². The first-order valence-corrected chi connectivity index (χ1v) is 7.26. The van der Waals surface area contributed by atoms with Crippen LogP contribution in [0.3, 0.4) is 0 Å². The molecule has 4 heteroatoms. The molecule has 0 atom stereocenters. The predicted octanol–water partition coefficient (Wildman–Crippen LogP) is 3.41. The number of aliphatic carboxylic acids is 1. The lowest BCUT2D eigenvalue weighted by Crippen LogP contribution is -2.37. The Balaban J connectivity index is 2.01. The molecule has 0 heterocycles. The molecule has 98 valence electrons. The van der Waals surface area contributed by atoms with Crippen molar-refractivity contribution in [3.05, 3.63) is 29.8 Å². The van der Waals surface area contributed by atoms with Crippen molar-refractivity contribution in [3.63, 3.8) is 0 Å². The van der Waals surface area contributed by atoms with Crippen LogP contribution in [0.15, 0.2) is 24.3 Å². The zero-order valence-electron chi connectivity index (χ0n) is 10.3. The molecule has 0 unspecified atom stereocenters. The van der Waals surface area contributed by atoms with Gasteiger partial charge in [-0.1, -0.05) is 31.4 Å². The summed E-state index contributed by atoms with van der Waals surface area (Å²) in [7, 11) is 0. The average Bonchev–Trinajstić information content (AvgIpc) is 2.39. The number of carboxylic acid groups (broad SMARTS) is 1. The van der Waals surface area contributed by atoms with Crippen molar-refractivity contribution in [2.75, 3.05) is 0 Å². The van der Waals surface area contributed by atoms with Gasteiger partial charge in [0.25, 0.3) is 0 Å². The standard InChI is InChI=1S/C14H18O3S/c15-12-6-4-11(5-7-12)10-18-14(13(16)17)8-2-1-3-9-14/h4-7,15H,1-3,8-10H2,(H,16,17). The van der Waals surface area contributed by atoms with Crippen LogP contribution in [0.1, 0.15) is 37.7 Å². The molecule has 0 saturated heterocycles. The first kappa shape index (κ1) is 13.3. The zero-order chi connectivity index (χ0) is 13.0. The molecule has 1 aromatic carbocycles. The molecule has 18 heavy (non-hydrogen) atoms. The second-order valence-electron chi connectivity index (χ2n) is 4.82. The van der Waals surface area contributed by atoms with Crippen LogP contribution in [-0.4, -0.2) is 20.9 Å². The molecule has 1 fully saturated rings. The number of rotatable bonds is 4. The Bertz CT molecular complexity index is 408. The third kappa shape index (κ3) is 2.99. The molecule has 1 aliphatic carbocycles. The Kier molecular flexibility index (Phi) is 4.17. The number of hydrogen-bond acceptors (Lipinski definition) is 3. The highest BCUT2D eigenvalue weighted by Gasteiger charge is 2.39. The molecule has 0 spiro atoms. The van der Waals surface area contributed by atoms with E-state index in [1.807, 2.05) is 12.1 Å². The normalized spacial score (nSPS) is 18.4. The van der Waals surface area contributed by atoms with Gasteiger partial charge in [0.2, 0.25) is 0 Å². The topological polar surface area (TPSA) is 57.5 Å². The summed E-state index contributed by atoms with van der Waals surface area (Å²) in [6.45, 7) is 0. The molecule has 2 N–H and O–H groups in total. The molecule has 0 bridgehead atoms. The summed E-state index contributed by atoms with van der Waals surface area (Å²) in [6.07, 6.45) is 4.70. The number of thioether (sulfide) groups is 1. The fraction of sp³-hybridized carbons (Fsp3) is 0.500. The monoisotopic (exact) mass is 266 g/mol. The van der Waals surface area contributed by atoms with Gasteiger partial charge in [-0.3, -0.25) is 4.79 Å². The molecule has 0 aliphatic heterocycles. The van der Waals surface area contributed by atoms with E-state index in [1.54, 1.807) is 12.1 Å². The van der Waals surface area contributed by atoms with Gasteiger partial charge in [-0.15, -0.1) is 11.8 Å². The molecule has 0 aromatic heterocycles. The molecular formula is C14H18O3S. The maximum absolute atomic E-state index is 11.5. The van der Waals surface area contributed by atoms with Crippen LogP contribution in [0.25, 0.3) is 0 Å². The SMILES string of the molecule is O=C(O)C1(SCc2ccc(O)cc2)CCCCC1. The highest BCUT2D eigenvalue weighted by Crippen LogP contribution is 2.41. The van der Waals surface area contributed by atoms with Gasteiger partial charge >= 0.3 is 5.97 Å². The van der Waals surface area contributed by atoms with Crippen molar-refractivity contribution in [2.24, 2.45) is 0 Å². The van der Waals surface area contributed by atoms with E-state index < -0.39 is 10.7 Å². The molecular weight excluding hydrogens is 248 g/mol. The number of benzene rings is 1. The van der Waals surface area contributed by atoms with Gasteiger partial charge < -0.3 is 10.2 Å². The molecule has 2 rings (SSSR count). The van der Waals surface area contributed by atoms with Gasteiger partial charge in [0.1, 0.15) is 10.5 Å². The summed E-state index contributed by atoms with van der Waals surface area (Å²) in [6, 6.07) is 6.98. The summed E-state index contributed by atoms with van der Waals surface area (Å²) in [5.41, 5.74) is 1.06. The number of carbonyl (C=O) groups is 1. The Morgan fingerprint density at radius 3 is 2.33 bits per heavy atom. The average molecular weight is 266 g/mol. The van der Waals surface area contributed by atoms with E-state index in [4.69, 9.17) is 0 Å². The van der Waals surface area contributed by atoms with E-state index >= 15 is 0 Å². The van der Waals surface area contributed by atoms with E-state index in [0.717, 1.165) is 37.7 Å². The molecule has 0 radical (unpaired) electrons. The van der Waals surface area contributed by atoms with E-state index in [9.17, 15) is 15.0 Å². The smallest absolute Gasteiger partial charge is 0.319 e. The first-order valence-electron chi connectivity index (χ1n) is 6.28. The number of hydrogen-bond donors (Lipinski definition) is 2. The summed E-state index contributed by atoms with van der Waals surface area (Å²) in [5, 5.41) is 18.7. The van der Waals surface area contributed by atoms with Crippen LogP contribution in [0.5, 0.6) is 5.75 Å². The number of phenolic OH excluding ortho intramolecular Hbond substituents is 1. The van der Waals surface area contributed by atoms with Gasteiger partial charge in [-0.05, 0) is 30.5 Å². The molecule has 1 aromatic rings. The Hall–Kier alpha value is -1.16. The molecule has 0 amide bonds. The molecule has 1 saturated carbocycles. The van der Waals surface area contributed by atoms with Gasteiger partial charge in [0.05, 0.1) is 0 Å². The number of carboxylic acids is 1. The summed E-state index contributed by atoms with van der Waals surface area (Å²) < 4.78 is -0.601. The van der Waals surface area contributed by atoms with Gasteiger partial charge in [-0.2, -0.15) is 0 Å². The summed E-state index contributed by atoms with van der Waals surface area (Å²) >= 11 is 1.53. The fourth-order valence-electron chi connectivity index (χ4n) is 2.36. The fourth-order valence-corrected chi connectivity index (χ4v) is 3.69. The van der Waals surface area contributed by atoms with Crippen LogP contribution in [0.4, 0.5) is 0 Å². The highest BCUT2D eigenvalue weighted by atomic mass is 32.2. The molecule has 1 aliphatic rings. The minimum atomic E-state index is -0.675. The van der Waals surface area contributed by atoms with Crippen molar-refractivity contribution in [2.45, 2.75) is 42.6 Å². The van der Waals surface area contributed by atoms with Crippen molar-refractivity contribution in [3.8, 4) is 5.75 Å². The maximum atomic E-state index is 11.5. The lowest BCUT2D eigenvalue weighted by Gasteiger charge is -2.32. The van der Waals surface area contributed by atoms with Crippen LogP contribution >= 0.6 is 11.8 Å². The van der Waals surface area contributed by atoms with Gasteiger partial charge in [0, 0.05) is 5.75 Å². The Labute approximate surface area is 111 Å². The van der Waals surface area contributed by atoms with E-state index in [2.05, 4.69) is 0 Å². The van der Waals surface area contributed by atoms with Crippen LogP contribution in [0, 0.1) is 0 Å². The third-order valence-corrected chi connectivity index (χ3v) is 5.12. The number of phenols is 1. The lowest BCUT2D eigenvalue weighted by atomic mass is 9.88. The van der Waals surface area contributed by atoms with Gasteiger partial charge in [0.15, 0.2) is 0 Å². The van der Waals surface area contributed by atoms with E-state index in [0.29, 0.717) is 5.75 Å². The van der Waals surface area contributed by atoms with Crippen molar-refractivity contribution < 1.29 is 15.0 Å². The first-order chi connectivity index (χ1) is 8.62. The predicted molar refractivity (Wildman–Crippen MR) is 72.9 cm³/mol. The minimum Gasteiger partial charge on any atom is -0.508 e. The van der Waals surface area contributed by atoms with Crippen LogP contribution in [-0.2, 0) is 10.5 Å². The van der Waals surface area contributed by atoms with Crippen molar-refractivity contribution >= 4 is 17.7 Å². The second kappa shape index (κ2) is 5.65. The maximum Gasteiger partial charge on any atom is 0.319 e. The highest BCUT2D eigenvalue weighted by molar-refractivity contribution is 8.00. The Morgan fingerprint density at radius 1 is 1.17 bits per heavy atom. The largest absolute Gasteiger partial charge is 0.508 e. The quantitative estimate of drug-likeness (QED) is 0.876.